The van der Waals surface area contributed by atoms with Crippen molar-refractivity contribution in [1.29, 1.82) is 0 Å². The predicted octanol–water partition coefficient (Wildman–Crippen LogP) is 2.04. The normalized spacial score (nSPS) is 11.5. The topological polar surface area (TPSA) is 71.8 Å². The van der Waals surface area contributed by atoms with Crippen LogP contribution in [-0.2, 0) is 6.18 Å². The third kappa shape index (κ3) is 2.34. The Hall–Kier alpha value is -2.31. The quantitative estimate of drug-likeness (QED) is 0.766. The first-order valence-electron chi connectivity index (χ1n) is 4.90. The molecule has 4 nitrogen and oxygen atoms in total. The molecule has 2 aromatic rings. The number of hydrogen-bond donors (Lipinski definition) is 2. The van der Waals surface area contributed by atoms with Gasteiger partial charge in [-0.25, -0.2) is 4.98 Å². The van der Waals surface area contributed by atoms with Crippen molar-refractivity contribution in [3.63, 3.8) is 0 Å². The molecule has 0 saturated heterocycles. The largest absolute Gasteiger partial charge is 0.449 e. The van der Waals surface area contributed by atoms with Gasteiger partial charge in [0.1, 0.15) is 0 Å². The van der Waals surface area contributed by atoms with Crippen molar-refractivity contribution >= 4 is 5.69 Å². The Balaban J connectivity index is 2.52. The van der Waals surface area contributed by atoms with Gasteiger partial charge in [-0.3, -0.25) is 4.79 Å². The molecular weight excluding hydrogens is 247 g/mol. The third-order valence-electron chi connectivity index (χ3n) is 2.27. The SMILES string of the molecule is Nc1cccc(-c2cnc(C(F)(F)F)[nH]c2=O)c1. The number of nitrogens with one attached hydrogen (secondary N) is 1. The molecule has 0 unspecified atom stereocenters. The van der Waals surface area contributed by atoms with Crippen LogP contribution in [0.4, 0.5) is 18.9 Å². The molecule has 1 aromatic heterocycles. The van der Waals surface area contributed by atoms with Crippen molar-refractivity contribution in [2.45, 2.75) is 6.18 Å². The number of nitrogens with zero attached hydrogens (tertiary/aromatic N) is 1. The summed E-state index contributed by atoms with van der Waals surface area (Å²) in [4.78, 5) is 16.5. The molecule has 2 rings (SSSR count). The second-order valence-corrected chi connectivity index (χ2v) is 3.60. The zero-order chi connectivity index (χ0) is 13.3. The van der Waals surface area contributed by atoms with E-state index >= 15 is 0 Å². The number of nitrogen functional groups attached to an aromatic ring is 1. The Bertz CT molecular complexity index is 634. The fourth-order valence-electron chi connectivity index (χ4n) is 1.45. The van der Waals surface area contributed by atoms with Gasteiger partial charge in [-0.05, 0) is 17.7 Å². The van der Waals surface area contributed by atoms with Crippen LogP contribution in [0.25, 0.3) is 11.1 Å². The molecule has 1 heterocycles. The summed E-state index contributed by atoms with van der Waals surface area (Å²) in [5.41, 5.74) is 5.53. The van der Waals surface area contributed by atoms with Crippen LogP contribution in [0.2, 0.25) is 0 Å². The molecule has 0 fully saturated rings. The predicted molar refractivity (Wildman–Crippen MR) is 59.7 cm³/mol. The minimum atomic E-state index is -4.67. The third-order valence-corrected chi connectivity index (χ3v) is 2.27. The van der Waals surface area contributed by atoms with Gasteiger partial charge >= 0.3 is 6.18 Å². The number of aromatic nitrogens is 2. The molecule has 0 radical (unpaired) electrons. The Morgan fingerprint density at radius 2 is 2.00 bits per heavy atom. The highest BCUT2D eigenvalue weighted by molar-refractivity contribution is 5.65. The van der Waals surface area contributed by atoms with Crippen LogP contribution in [-0.4, -0.2) is 9.97 Å². The fourth-order valence-corrected chi connectivity index (χ4v) is 1.45. The van der Waals surface area contributed by atoms with Crippen LogP contribution in [0.3, 0.4) is 0 Å². The molecule has 18 heavy (non-hydrogen) atoms. The summed E-state index contributed by atoms with van der Waals surface area (Å²) >= 11 is 0. The minimum absolute atomic E-state index is 0.0373. The highest BCUT2D eigenvalue weighted by Crippen LogP contribution is 2.25. The molecular formula is C11H8F3N3O. The van der Waals surface area contributed by atoms with E-state index in [1.54, 1.807) is 23.2 Å². The number of hydrogen-bond acceptors (Lipinski definition) is 3. The zero-order valence-corrected chi connectivity index (χ0v) is 8.95. The first kappa shape index (κ1) is 12.2. The van der Waals surface area contributed by atoms with E-state index in [-0.39, 0.29) is 5.56 Å². The summed E-state index contributed by atoms with van der Waals surface area (Å²) in [6.45, 7) is 0. The lowest BCUT2D eigenvalue weighted by Crippen LogP contribution is -2.19. The van der Waals surface area contributed by atoms with Crippen LogP contribution >= 0.6 is 0 Å². The molecule has 1 aromatic carbocycles. The summed E-state index contributed by atoms with van der Waals surface area (Å²) < 4.78 is 36.9. The first-order valence-corrected chi connectivity index (χ1v) is 4.90. The van der Waals surface area contributed by atoms with Gasteiger partial charge in [-0.1, -0.05) is 12.1 Å². The molecule has 0 atom stereocenters. The Labute approximate surface area is 99.3 Å². The molecule has 0 bridgehead atoms. The van der Waals surface area contributed by atoms with E-state index < -0.39 is 17.6 Å². The average molecular weight is 255 g/mol. The van der Waals surface area contributed by atoms with Crippen LogP contribution in [0, 0.1) is 0 Å². The number of nitrogens with two attached hydrogens (primary N) is 1. The van der Waals surface area contributed by atoms with E-state index in [9.17, 15) is 18.0 Å². The van der Waals surface area contributed by atoms with E-state index in [1.807, 2.05) is 0 Å². The maximum Gasteiger partial charge on any atom is 0.449 e. The number of aromatic amines is 1. The van der Waals surface area contributed by atoms with Crippen LogP contribution in [0.5, 0.6) is 0 Å². The minimum Gasteiger partial charge on any atom is -0.399 e. The average Bonchev–Trinajstić information content (AvgIpc) is 2.27. The lowest BCUT2D eigenvalue weighted by Gasteiger charge is -2.06. The molecule has 0 amide bonds. The fraction of sp³-hybridized carbons (Fsp3) is 0.0909. The number of benzene rings is 1. The summed E-state index contributed by atoms with van der Waals surface area (Å²) in [6.07, 6.45) is -3.79. The van der Waals surface area contributed by atoms with E-state index in [0.717, 1.165) is 6.20 Å². The van der Waals surface area contributed by atoms with Crippen LogP contribution < -0.4 is 11.3 Å². The first-order chi connectivity index (χ1) is 8.38. The van der Waals surface area contributed by atoms with E-state index in [2.05, 4.69) is 4.98 Å². The Morgan fingerprint density at radius 1 is 1.28 bits per heavy atom. The second kappa shape index (κ2) is 4.17. The Kier molecular flexibility index (Phi) is 2.82. The number of H-pyrrole nitrogens is 1. The van der Waals surface area contributed by atoms with Gasteiger partial charge in [-0.15, -0.1) is 0 Å². The lowest BCUT2D eigenvalue weighted by atomic mass is 10.1. The zero-order valence-electron chi connectivity index (χ0n) is 8.95. The highest BCUT2D eigenvalue weighted by atomic mass is 19.4. The molecule has 3 N–H and O–H groups in total. The van der Waals surface area contributed by atoms with Crippen molar-refractivity contribution in [3.05, 3.63) is 46.6 Å². The van der Waals surface area contributed by atoms with Crippen LogP contribution in [0.15, 0.2) is 35.3 Å². The summed E-state index contributed by atoms with van der Waals surface area (Å²) in [5.74, 6) is -1.32. The number of rotatable bonds is 1. The molecule has 7 heteroatoms. The van der Waals surface area contributed by atoms with Gasteiger partial charge < -0.3 is 10.7 Å². The van der Waals surface area contributed by atoms with Gasteiger partial charge in [-0.2, -0.15) is 13.2 Å². The molecule has 0 aliphatic carbocycles. The lowest BCUT2D eigenvalue weighted by molar-refractivity contribution is -0.145. The smallest absolute Gasteiger partial charge is 0.399 e. The van der Waals surface area contributed by atoms with Crippen molar-refractivity contribution in [2.75, 3.05) is 5.73 Å². The van der Waals surface area contributed by atoms with Crippen molar-refractivity contribution in [1.82, 2.24) is 9.97 Å². The maximum atomic E-state index is 12.3. The van der Waals surface area contributed by atoms with Crippen molar-refractivity contribution < 1.29 is 13.2 Å². The number of alkyl halides is 3. The number of halogens is 3. The summed E-state index contributed by atoms with van der Waals surface area (Å²) in [5, 5.41) is 0. The molecule has 94 valence electrons. The Morgan fingerprint density at radius 3 is 2.56 bits per heavy atom. The van der Waals surface area contributed by atoms with E-state index in [0.29, 0.717) is 11.3 Å². The molecule has 0 aliphatic heterocycles. The van der Waals surface area contributed by atoms with E-state index in [1.165, 1.54) is 6.07 Å². The highest BCUT2D eigenvalue weighted by Gasteiger charge is 2.34. The molecule has 0 spiro atoms. The molecule has 0 saturated carbocycles. The molecule has 0 aliphatic rings. The summed E-state index contributed by atoms with van der Waals surface area (Å²) in [7, 11) is 0. The van der Waals surface area contributed by atoms with Crippen LogP contribution in [0.1, 0.15) is 5.82 Å². The monoisotopic (exact) mass is 255 g/mol. The van der Waals surface area contributed by atoms with Gasteiger partial charge in [0.05, 0.1) is 5.56 Å². The van der Waals surface area contributed by atoms with Gasteiger partial charge in [0, 0.05) is 11.9 Å². The number of anilines is 1. The standard InChI is InChI=1S/C11H8F3N3O/c12-11(13,14)10-16-5-8(9(18)17-10)6-2-1-3-7(15)4-6/h1-5H,15H2,(H,16,17,18). The van der Waals surface area contributed by atoms with Gasteiger partial charge in [0.2, 0.25) is 5.82 Å². The van der Waals surface area contributed by atoms with Gasteiger partial charge in [0.25, 0.3) is 5.56 Å². The summed E-state index contributed by atoms with van der Waals surface area (Å²) in [6, 6.07) is 6.26. The maximum absolute atomic E-state index is 12.3. The van der Waals surface area contributed by atoms with Crippen molar-refractivity contribution in [3.8, 4) is 11.1 Å². The van der Waals surface area contributed by atoms with Gasteiger partial charge in [0.15, 0.2) is 0 Å². The van der Waals surface area contributed by atoms with Crippen molar-refractivity contribution in [2.24, 2.45) is 0 Å². The second-order valence-electron chi connectivity index (χ2n) is 3.60. The van der Waals surface area contributed by atoms with E-state index in [4.69, 9.17) is 5.73 Å².